The molecule has 2 aliphatic heterocycles. The van der Waals surface area contributed by atoms with E-state index in [0.29, 0.717) is 55.7 Å². The Morgan fingerprint density at radius 1 is 1.02 bits per heavy atom. The van der Waals surface area contributed by atoms with E-state index in [0.717, 1.165) is 26.1 Å². The van der Waals surface area contributed by atoms with Crippen molar-refractivity contribution in [2.24, 2.45) is 23.5 Å². The number of aromatic nitrogens is 2. The molecule has 0 bridgehead atoms. The summed E-state index contributed by atoms with van der Waals surface area (Å²) in [4.78, 5) is 58.9. The van der Waals surface area contributed by atoms with E-state index in [4.69, 9.17) is 5.73 Å². The quantitative estimate of drug-likeness (QED) is 0.406. The van der Waals surface area contributed by atoms with E-state index in [1.807, 2.05) is 24.3 Å². The van der Waals surface area contributed by atoms with E-state index in [9.17, 15) is 19.2 Å². The molecular formula is C30H43ClN8O4. The molecule has 43 heavy (non-hydrogen) atoms. The van der Waals surface area contributed by atoms with Crippen LogP contribution in [0.25, 0.3) is 5.69 Å². The third-order valence-electron chi connectivity index (χ3n) is 8.80. The molecule has 1 saturated carbocycles. The molecule has 234 valence electrons. The smallest absolute Gasteiger partial charge is 0.354 e. The Morgan fingerprint density at radius 3 is 2.19 bits per heavy atom. The van der Waals surface area contributed by atoms with Crippen LogP contribution < -0.4 is 22.1 Å². The van der Waals surface area contributed by atoms with Crippen molar-refractivity contribution in [3.8, 4) is 5.69 Å². The molecule has 0 spiro atoms. The Morgan fingerprint density at radius 2 is 1.63 bits per heavy atom. The highest BCUT2D eigenvalue weighted by Gasteiger charge is 2.55. The Balaban J connectivity index is 0.00000423. The highest BCUT2D eigenvalue weighted by atomic mass is 35.5. The monoisotopic (exact) mass is 614 g/mol. The fraction of sp³-hybridized carbons (Fsp3) is 0.567. The number of halogens is 1. The number of nitrogens with one attached hydrogen (secondary N) is 2. The molecule has 0 radical (unpaired) electrons. The molecule has 4 amide bonds. The van der Waals surface area contributed by atoms with Gasteiger partial charge in [-0.25, -0.2) is 9.59 Å². The molecule has 1 aliphatic carbocycles. The number of piperidine rings is 1. The first kappa shape index (κ1) is 32.4. The standard InChI is InChI=1S/C30H42N8O4.ClH/c1-19(37-17-24-23(25(24)18-37)16-32-20(2)39)15-21-5-7-22(8-6-21)38-10-9-26(34-29(38)42)33-28(41)36-13-11-35(12-14-36)27(40)30(3,4)31;/h5-10,19,23-25H,11-18,31H2,1-4H3,(H,32,39)(H,33,34,41,42);1H. The van der Waals surface area contributed by atoms with Crippen LogP contribution in [-0.4, -0.2) is 99.5 Å². The zero-order chi connectivity index (χ0) is 30.2. The van der Waals surface area contributed by atoms with E-state index in [1.54, 1.807) is 42.8 Å². The van der Waals surface area contributed by atoms with Gasteiger partial charge in [0.25, 0.3) is 0 Å². The maximum Gasteiger partial charge on any atom is 0.354 e. The average Bonchev–Trinajstić information content (AvgIpc) is 3.39. The lowest BCUT2D eigenvalue weighted by Crippen LogP contribution is -2.58. The molecule has 3 unspecified atom stereocenters. The van der Waals surface area contributed by atoms with Crippen molar-refractivity contribution in [3.63, 3.8) is 0 Å². The summed E-state index contributed by atoms with van der Waals surface area (Å²) in [7, 11) is 0. The second-order valence-electron chi connectivity index (χ2n) is 12.5. The predicted molar refractivity (Wildman–Crippen MR) is 166 cm³/mol. The van der Waals surface area contributed by atoms with Gasteiger partial charge in [-0.3, -0.25) is 24.4 Å². The Labute approximate surface area is 258 Å². The first-order valence-corrected chi connectivity index (χ1v) is 14.7. The maximum absolute atomic E-state index is 12.8. The zero-order valence-electron chi connectivity index (χ0n) is 25.3. The fourth-order valence-electron chi connectivity index (χ4n) is 6.25. The minimum Gasteiger partial charge on any atom is -0.356 e. The van der Waals surface area contributed by atoms with Crippen molar-refractivity contribution < 1.29 is 14.4 Å². The topological polar surface area (TPSA) is 146 Å². The first-order chi connectivity index (χ1) is 19.9. The van der Waals surface area contributed by atoms with Crippen LogP contribution in [0.5, 0.6) is 0 Å². The zero-order valence-corrected chi connectivity index (χ0v) is 26.1. The summed E-state index contributed by atoms with van der Waals surface area (Å²) in [6.45, 7) is 11.7. The van der Waals surface area contributed by atoms with Gasteiger partial charge in [-0.2, -0.15) is 4.98 Å². The summed E-state index contributed by atoms with van der Waals surface area (Å²) in [5, 5.41) is 5.65. The van der Waals surface area contributed by atoms with E-state index >= 15 is 0 Å². The summed E-state index contributed by atoms with van der Waals surface area (Å²) >= 11 is 0. The Bertz CT molecular complexity index is 1370. The van der Waals surface area contributed by atoms with Gasteiger partial charge in [0, 0.05) is 65.0 Å². The molecule has 13 heteroatoms. The van der Waals surface area contributed by atoms with Crippen LogP contribution in [0.3, 0.4) is 0 Å². The van der Waals surface area contributed by atoms with Gasteiger partial charge in [0.1, 0.15) is 5.82 Å². The van der Waals surface area contributed by atoms with Gasteiger partial charge in [-0.1, -0.05) is 12.1 Å². The SMILES string of the molecule is CC(=O)NCC1C2CN(C(C)Cc3ccc(-n4ccc(NC(=O)N5CCN(C(=O)C(C)(C)N)CC5)nc4=O)cc3)CC12.Cl. The van der Waals surface area contributed by atoms with Crippen LogP contribution in [0.1, 0.15) is 33.3 Å². The van der Waals surface area contributed by atoms with Gasteiger partial charge in [-0.05, 0) is 68.7 Å². The van der Waals surface area contributed by atoms with Gasteiger partial charge in [0.2, 0.25) is 11.8 Å². The number of hydrogen-bond donors (Lipinski definition) is 3. The molecule has 1 aromatic carbocycles. The van der Waals surface area contributed by atoms with Gasteiger partial charge >= 0.3 is 11.7 Å². The maximum atomic E-state index is 12.8. The van der Waals surface area contributed by atoms with Crippen molar-refractivity contribution in [2.75, 3.05) is 51.1 Å². The van der Waals surface area contributed by atoms with Crippen molar-refractivity contribution in [3.05, 3.63) is 52.6 Å². The molecule has 3 atom stereocenters. The van der Waals surface area contributed by atoms with Crippen molar-refractivity contribution in [1.82, 2.24) is 29.6 Å². The summed E-state index contributed by atoms with van der Waals surface area (Å²) in [5.74, 6) is 2.09. The van der Waals surface area contributed by atoms with Gasteiger partial charge in [-0.15, -0.1) is 12.4 Å². The number of rotatable bonds is 8. The third-order valence-corrected chi connectivity index (χ3v) is 8.80. The summed E-state index contributed by atoms with van der Waals surface area (Å²) in [6.07, 6.45) is 2.52. The minimum absolute atomic E-state index is 0. The number of piperazine rings is 1. The van der Waals surface area contributed by atoms with E-state index < -0.39 is 11.2 Å². The second-order valence-corrected chi connectivity index (χ2v) is 12.5. The number of carbonyl (C=O) groups is 3. The van der Waals surface area contributed by atoms with E-state index in [-0.39, 0.29) is 36.1 Å². The largest absolute Gasteiger partial charge is 0.356 e. The number of amides is 4. The molecule has 4 N–H and O–H groups in total. The lowest BCUT2D eigenvalue weighted by Gasteiger charge is -2.37. The Hall–Kier alpha value is -3.48. The van der Waals surface area contributed by atoms with Gasteiger partial charge < -0.3 is 20.9 Å². The molecule has 5 rings (SSSR count). The third kappa shape index (κ3) is 7.54. The number of carbonyl (C=O) groups excluding carboxylic acids is 3. The molecular weight excluding hydrogens is 572 g/mol. The number of likely N-dealkylation sites (tertiary alicyclic amines) is 1. The van der Waals surface area contributed by atoms with Crippen LogP contribution in [-0.2, 0) is 16.0 Å². The second kappa shape index (κ2) is 13.0. The number of urea groups is 1. The number of anilines is 1. The average molecular weight is 615 g/mol. The van der Waals surface area contributed by atoms with Crippen molar-refractivity contribution in [2.45, 2.75) is 45.7 Å². The number of fused-ring (bicyclic) bond motifs is 1. The predicted octanol–water partition coefficient (Wildman–Crippen LogP) is 1.31. The lowest BCUT2D eigenvalue weighted by atomic mass is 10.0. The number of nitrogens with zero attached hydrogens (tertiary/aromatic N) is 5. The van der Waals surface area contributed by atoms with Crippen LogP contribution in [0, 0.1) is 17.8 Å². The molecule has 3 heterocycles. The minimum atomic E-state index is -0.952. The van der Waals surface area contributed by atoms with Crippen molar-refractivity contribution in [1.29, 1.82) is 0 Å². The summed E-state index contributed by atoms with van der Waals surface area (Å²) < 4.78 is 1.45. The Kier molecular flexibility index (Phi) is 9.83. The van der Waals surface area contributed by atoms with Gasteiger partial charge in [0.05, 0.1) is 11.2 Å². The van der Waals surface area contributed by atoms with Crippen LogP contribution >= 0.6 is 12.4 Å². The van der Waals surface area contributed by atoms with Crippen LogP contribution in [0.4, 0.5) is 10.6 Å². The van der Waals surface area contributed by atoms with Crippen LogP contribution in [0.2, 0.25) is 0 Å². The van der Waals surface area contributed by atoms with Crippen LogP contribution in [0.15, 0.2) is 41.3 Å². The first-order valence-electron chi connectivity index (χ1n) is 14.7. The number of nitrogens with two attached hydrogens (primary N) is 1. The number of hydrogen-bond acceptors (Lipinski definition) is 7. The summed E-state index contributed by atoms with van der Waals surface area (Å²) in [5.41, 5.74) is 6.37. The molecule has 2 saturated heterocycles. The normalized spacial score (nSPS) is 22.3. The fourth-order valence-corrected chi connectivity index (χ4v) is 6.25. The summed E-state index contributed by atoms with van der Waals surface area (Å²) in [6, 6.07) is 9.56. The van der Waals surface area contributed by atoms with E-state index in [1.165, 1.54) is 10.1 Å². The highest BCUT2D eigenvalue weighted by molar-refractivity contribution is 5.89. The molecule has 2 aromatic rings. The molecule has 1 aromatic heterocycles. The molecule has 12 nitrogen and oxygen atoms in total. The molecule has 3 aliphatic rings. The highest BCUT2D eigenvalue weighted by Crippen LogP contribution is 2.51. The molecule has 3 fully saturated rings. The van der Waals surface area contributed by atoms with E-state index in [2.05, 4.69) is 27.4 Å². The number of benzene rings is 1. The van der Waals surface area contributed by atoms with Crippen molar-refractivity contribution >= 4 is 36.1 Å². The lowest BCUT2D eigenvalue weighted by molar-refractivity contribution is -0.137. The van der Waals surface area contributed by atoms with Gasteiger partial charge in [0.15, 0.2) is 0 Å².